The van der Waals surface area contributed by atoms with Crippen LogP contribution in [0.15, 0.2) is 24.3 Å². The summed E-state index contributed by atoms with van der Waals surface area (Å²) in [5, 5.41) is 2.90. The Morgan fingerprint density at radius 3 is 2.38 bits per heavy atom. The second-order valence-corrected chi connectivity index (χ2v) is 6.49. The van der Waals surface area contributed by atoms with Crippen molar-refractivity contribution in [3.63, 3.8) is 0 Å². The maximum Gasteiger partial charge on any atom is 0.303 e. The molecule has 0 spiro atoms. The monoisotopic (exact) mass is 334 g/mol. The summed E-state index contributed by atoms with van der Waals surface area (Å²) >= 11 is 0. The number of nitrogens with zero attached hydrogens (tertiary/aromatic N) is 1. The molecule has 1 heterocycles. The molecule has 0 radical (unpaired) electrons. The normalized spacial score (nSPS) is 15.8. The van der Waals surface area contributed by atoms with Crippen LogP contribution in [0.25, 0.3) is 0 Å². The van der Waals surface area contributed by atoms with Gasteiger partial charge in [-0.2, -0.15) is 0 Å². The van der Waals surface area contributed by atoms with Gasteiger partial charge in [0.15, 0.2) is 6.61 Å². The first kappa shape index (κ1) is 18.3. The summed E-state index contributed by atoms with van der Waals surface area (Å²) in [4.78, 5) is 26.2. The van der Waals surface area contributed by atoms with E-state index in [-0.39, 0.29) is 18.6 Å². The number of carbonyl (C=O) groups excluding carboxylic acids is 2. The van der Waals surface area contributed by atoms with E-state index in [2.05, 4.69) is 34.5 Å². The molecule has 1 amide bonds. The summed E-state index contributed by atoms with van der Waals surface area (Å²) in [6, 6.07) is 8.73. The summed E-state index contributed by atoms with van der Waals surface area (Å²) < 4.78 is 4.75. The zero-order valence-corrected chi connectivity index (χ0v) is 14.8. The van der Waals surface area contributed by atoms with Crippen LogP contribution >= 0.6 is 0 Å². The van der Waals surface area contributed by atoms with Crippen LogP contribution in [0.1, 0.15) is 31.4 Å². The Balaban J connectivity index is 2.02. The summed E-state index contributed by atoms with van der Waals surface area (Å²) in [6.07, 6.45) is 2.45. The molecule has 132 valence electrons. The van der Waals surface area contributed by atoms with Crippen molar-refractivity contribution in [2.24, 2.45) is 0 Å². The molecule has 1 aliphatic heterocycles. The number of rotatable bonds is 7. The van der Waals surface area contributed by atoms with Gasteiger partial charge in [0.05, 0.1) is 19.6 Å². The number of nitrogens with one attached hydrogen (secondary N) is 2. The molecule has 1 atom stereocenters. The van der Waals surface area contributed by atoms with Gasteiger partial charge in [0.2, 0.25) is 0 Å². The van der Waals surface area contributed by atoms with Crippen LogP contribution in [0, 0.1) is 0 Å². The zero-order valence-electron chi connectivity index (χ0n) is 14.8. The van der Waals surface area contributed by atoms with E-state index in [0.717, 1.165) is 18.8 Å². The van der Waals surface area contributed by atoms with Crippen LogP contribution in [0.2, 0.25) is 0 Å². The van der Waals surface area contributed by atoms with Crippen LogP contribution in [-0.4, -0.2) is 52.2 Å². The molecule has 6 nitrogen and oxygen atoms in total. The van der Waals surface area contributed by atoms with E-state index in [0.29, 0.717) is 6.54 Å². The first-order valence-corrected chi connectivity index (χ1v) is 8.49. The molecular formula is C18H28N3O3+. The van der Waals surface area contributed by atoms with Crippen molar-refractivity contribution in [2.75, 3.05) is 45.2 Å². The molecule has 1 aliphatic rings. The molecule has 1 aromatic rings. The van der Waals surface area contributed by atoms with Gasteiger partial charge in [0, 0.05) is 45.1 Å². The summed E-state index contributed by atoms with van der Waals surface area (Å²) in [7, 11) is 4.04. The third-order valence-corrected chi connectivity index (χ3v) is 4.46. The molecule has 2 rings (SSSR count). The Hall–Kier alpha value is -2.08. The lowest BCUT2D eigenvalue weighted by atomic mass is 10.0. The summed E-state index contributed by atoms with van der Waals surface area (Å²) in [6.45, 7) is 3.89. The lowest BCUT2D eigenvalue weighted by Crippen LogP contribution is -3.11. The van der Waals surface area contributed by atoms with Crippen molar-refractivity contribution < 1.29 is 19.2 Å². The van der Waals surface area contributed by atoms with Crippen molar-refractivity contribution in [2.45, 2.75) is 25.8 Å². The average molecular weight is 334 g/mol. The van der Waals surface area contributed by atoms with Crippen molar-refractivity contribution >= 4 is 17.6 Å². The molecule has 2 N–H and O–H groups in total. The Labute approximate surface area is 143 Å². The number of ether oxygens (including phenoxy) is 1. The van der Waals surface area contributed by atoms with Gasteiger partial charge in [-0.25, -0.2) is 0 Å². The first-order chi connectivity index (χ1) is 11.5. The van der Waals surface area contributed by atoms with E-state index < -0.39 is 5.97 Å². The van der Waals surface area contributed by atoms with Gasteiger partial charge in [0.25, 0.3) is 5.91 Å². The van der Waals surface area contributed by atoms with E-state index in [4.69, 9.17) is 4.74 Å². The number of hydrogen-bond donors (Lipinski definition) is 2. The van der Waals surface area contributed by atoms with Gasteiger partial charge in [-0.15, -0.1) is 0 Å². The fraction of sp³-hybridized carbons (Fsp3) is 0.556. The number of benzene rings is 1. The lowest BCUT2D eigenvalue weighted by Gasteiger charge is -2.26. The Morgan fingerprint density at radius 1 is 1.21 bits per heavy atom. The van der Waals surface area contributed by atoms with Gasteiger partial charge in [-0.05, 0) is 12.1 Å². The van der Waals surface area contributed by atoms with Crippen molar-refractivity contribution in [1.82, 2.24) is 5.32 Å². The lowest BCUT2D eigenvalue weighted by molar-refractivity contribution is -0.918. The topological polar surface area (TPSA) is 63.1 Å². The molecule has 1 saturated heterocycles. The molecule has 0 aromatic heterocycles. The van der Waals surface area contributed by atoms with Crippen LogP contribution in [-0.2, 0) is 14.3 Å². The Kier molecular flexibility index (Phi) is 6.61. The molecule has 1 aromatic carbocycles. The highest BCUT2D eigenvalue weighted by atomic mass is 16.5. The maximum absolute atomic E-state index is 11.8. The standard InChI is InChI=1S/C18H27N3O3/c1-14(22)24-13-18(23)19-12-17(21-10-4-5-11-21)15-6-8-16(9-7-15)20(2)3/h6-9,17H,4-5,10-13H2,1-3H3,(H,19,23)/p+1/t17-/m1/s1. The molecule has 0 unspecified atom stereocenters. The van der Waals surface area contributed by atoms with Crippen LogP contribution in [0.4, 0.5) is 5.69 Å². The number of anilines is 1. The summed E-state index contributed by atoms with van der Waals surface area (Å²) in [5.74, 6) is -0.690. The first-order valence-electron chi connectivity index (χ1n) is 8.49. The zero-order chi connectivity index (χ0) is 17.5. The second kappa shape index (κ2) is 8.68. The number of likely N-dealkylation sites (tertiary alicyclic amines) is 1. The van der Waals surface area contributed by atoms with Crippen LogP contribution in [0.5, 0.6) is 0 Å². The number of carbonyl (C=O) groups is 2. The third kappa shape index (κ3) is 5.23. The van der Waals surface area contributed by atoms with E-state index in [1.807, 2.05) is 14.1 Å². The van der Waals surface area contributed by atoms with Gasteiger partial charge < -0.3 is 19.9 Å². The molecule has 6 heteroatoms. The molecular weight excluding hydrogens is 306 g/mol. The molecule has 1 fully saturated rings. The van der Waals surface area contributed by atoms with Crippen molar-refractivity contribution in [1.29, 1.82) is 0 Å². The predicted molar refractivity (Wildman–Crippen MR) is 93.1 cm³/mol. The van der Waals surface area contributed by atoms with Gasteiger partial charge in [0.1, 0.15) is 6.04 Å². The number of quaternary nitrogens is 1. The van der Waals surface area contributed by atoms with Gasteiger partial charge >= 0.3 is 5.97 Å². The molecule has 0 aliphatic carbocycles. The van der Waals surface area contributed by atoms with Crippen LogP contribution in [0.3, 0.4) is 0 Å². The number of esters is 1. The summed E-state index contributed by atoms with van der Waals surface area (Å²) in [5.41, 5.74) is 2.39. The fourth-order valence-electron chi connectivity index (χ4n) is 3.11. The second-order valence-electron chi connectivity index (χ2n) is 6.49. The highest BCUT2D eigenvalue weighted by Crippen LogP contribution is 2.17. The highest BCUT2D eigenvalue weighted by molar-refractivity contribution is 5.79. The number of hydrogen-bond acceptors (Lipinski definition) is 4. The largest absolute Gasteiger partial charge is 0.456 e. The third-order valence-electron chi connectivity index (χ3n) is 4.46. The quantitative estimate of drug-likeness (QED) is 0.697. The Morgan fingerprint density at radius 2 is 1.83 bits per heavy atom. The van der Waals surface area contributed by atoms with E-state index in [1.165, 1.54) is 30.2 Å². The van der Waals surface area contributed by atoms with Gasteiger partial charge in [-0.1, -0.05) is 12.1 Å². The minimum absolute atomic E-state index is 0.211. The molecule has 0 saturated carbocycles. The minimum atomic E-state index is -0.439. The highest BCUT2D eigenvalue weighted by Gasteiger charge is 2.27. The Bertz CT molecular complexity index is 551. The van der Waals surface area contributed by atoms with Gasteiger partial charge in [-0.3, -0.25) is 9.59 Å². The smallest absolute Gasteiger partial charge is 0.303 e. The predicted octanol–water partition coefficient (Wildman–Crippen LogP) is 0.152. The van der Waals surface area contributed by atoms with E-state index in [1.54, 1.807) is 0 Å². The SMILES string of the molecule is CC(=O)OCC(=O)NC[C@H](c1ccc(N(C)C)cc1)[NH+]1CCCC1. The van der Waals surface area contributed by atoms with Crippen molar-refractivity contribution in [3.05, 3.63) is 29.8 Å². The fourth-order valence-corrected chi connectivity index (χ4v) is 3.11. The van der Waals surface area contributed by atoms with E-state index in [9.17, 15) is 9.59 Å². The minimum Gasteiger partial charge on any atom is -0.456 e. The van der Waals surface area contributed by atoms with E-state index >= 15 is 0 Å². The number of amides is 1. The molecule has 0 bridgehead atoms. The average Bonchev–Trinajstić information content (AvgIpc) is 3.08. The molecule has 24 heavy (non-hydrogen) atoms. The van der Waals surface area contributed by atoms with Crippen LogP contribution < -0.4 is 15.1 Å². The van der Waals surface area contributed by atoms with Crippen molar-refractivity contribution in [3.8, 4) is 0 Å². The maximum atomic E-state index is 11.8.